The highest BCUT2D eigenvalue weighted by Gasteiger charge is 2.14. The van der Waals surface area contributed by atoms with Gasteiger partial charge in [-0.15, -0.1) is 0 Å². The van der Waals surface area contributed by atoms with E-state index in [1.54, 1.807) is 0 Å². The minimum Gasteiger partial charge on any atom is -0.340 e. The third kappa shape index (κ3) is 7.00. The molecule has 1 heterocycles. The molecule has 1 fully saturated rings. The number of nitrogens with one attached hydrogen (secondary N) is 1. The molecular formula is C15H30N2O. The van der Waals surface area contributed by atoms with Crippen LogP contribution in [0, 0.1) is 0 Å². The summed E-state index contributed by atoms with van der Waals surface area (Å²) in [6.07, 6.45) is 11.2. The predicted octanol–water partition coefficient (Wildman–Crippen LogP) is 2.95. The van der Waals surface area contributed by atoms with Crippen molar-refractivity contribution in [1.29, 1.82) is 0 Å². The van der Waals surface area contributed by atoms with Crippen LogP contribution in [-0.2, 0) is 4.79 Å². The normalized spacial score (nSPS) is 15.9. The van der Waals surface area contributed by atoms with Crippen molar-refractivity contribution in [3.8, 4) is 0 Å². The van der Waals surface area contributed by atoms with Crippen molar-refractivity contribution in [2.45, 2.75) is 64.7 Å². The molecule has 18 heavy (non-hydrogen) atoms. The molecule has 1 amide bonds. The Morgan fingerprint density at radius 1 is 0.944 bits per heavy atom. The van der Waals surface area contributed by atoms with Crippen molar-refractivity contribution in [2.75, 3.05) is 26.2 Å². The molecule has 0 aromatic rings. The number of carbonyl (C=O) groups excluding carboxylic acids is 1. The standard InChI is InChI=1S/C15H30N2O/c1-2-3-4-5-6-7-8-9-10-15(18)17-13-11-16-12-14-17/h16H,2-14H2,1H3. The number of carbonyl (C=O) groups is 1. The Morgan fingerprint density at radius 2 is 1.50 bits per heavy atom. The van der Waals surface area contributed by atoms with E-state index in [0.29, 0.717) is 5.91 Å². The van der Waals surface area contributed by atoms with Gasteiger partial charge in [0.2, 0.25) is 5.91 Å². The number of piperazine rings is 1. The lowest BCUT2D eigenvalue weighted by Crippen LogP contribution is -2.46. The van der Waals surface area contributed by atoms with Crippen molar-refractivity contribution in [3.63, 3.8) is 0 Å². The zero-order chi connectivity index (χ0) is 13.1. The topological polar surface area (TPSA) is 32.3 Å². The van der Waals surface area contributed by atoms with Gasteiger partial charge in [0.15, 0.2) is 0 Å². The summed E-state index contributed by atoms with van der Waals surface area (Å²) in [6.45, 7) is 5.97. The lowest BCUT2D eigenvalue weighted by atomic mass is 10.1. The summed E-state index contributed by atoms with van der Waals surface area (Å²) in [6, 6.07) is 0. The zero-order valence-corrected chi connectivity index (χ0v) is 12.0. The van der Waals surface area contributed by atoms with E-state index in [-0.39, 0.29) is 0 Å². The van der Waals surface area contributed by atoms with E-state index in [0.717, 1.165) is 39.0 Å². The van der Waals surface area contributed by atoms with Crippen LogP contribution in [0.2, 0.25) is 0 Å². The maximum atomic E-state index is 11.9. The van der Waals surface area contributed by atoms with E-state index in [2.05, 4.69) is 12.2 Å². The highest BCUT2D eigenvalue weighted by molar-refractivity contribution is 5.76. The first kappa shape index (κ1) is 15.5. The lowest BCUT2D eigenvalue weighted by Gasteiger charge is -2.27. The molecule has 0 spiro atoms. The lowest BCUT2D eigenvalue weighted by molar-refractivity contribution is -0.131. The first-order valence-corrected chi connectivity index (χ1v) is 7.83. The summed E-state index contributed by atoms with van der Waals surface area (Å²) in [7, 11) is 0. The molecule has 1 N–H and O–H groups in total. The molecule has 0 aromatic carbocycles. The number of hydrogen-bond acceptors (Lipinski definition) is 2. The van der Waals surface area contributed by atoms with Crippen LogP contribution in [0.1, 0.15) is 64.7 Å². The summed E-state index contributed by atoms with van der Waals surface area (Å²) in [5.41, 5.74) is 0. The SMILES string of the molecule is CCCCCCCCCCC(=O)N1CCNCC1. The van der Waals surface area contributed by atoms with Crippen LogP contribution in [0.15, 0.2) is 0 Å². The van der Waals surface area contributed by atoms with Gasteiger partial charge in [0, 0.05) is 32.6 Å². The summed E-state index contributed by atoms with van der Waals surface area (Å²) >= 11 is 0. The van der Waals surface area contributed by atoms with Gasteiger partial charge in [-0.3, -0.25) is 4.79 Å². The highest BCUT2D eigenvalue weighted by Crippen LogP contribution is 2.10. The molecule has 0 atom stereocenters. The summed E-state index contributed by atoms with van der Waals surface area (Å²) in [4.78, 5) is 13.9. The van der Waals surface area contributed by atoms with Gasteiger partial charge in [-0.2, -0.15) is 0 Å². The van der Waals surface area contributed by atoms with Crippen molar-refractivity contribution in [3.05, 3.63) is 0 Å². The number of amides is 1. The van der Waals surface area contributed by atoms with Crippen molar-refractivity contribution in [2.24, 2.45) is 0 Å². The summed E-state index contributed by atoms with van der Waals surface area (Å²) < 4.78 is 0. The van der Waals surface area contributed by atoms with Crippen LogP contribution in [0.3, 0.4) is 0 Å². The molecule has 3 nitrogen and oxygen atoms in total. The molecule has 0 aromatic heterocycles. The van der Waals surface area contributed by atoms with Crippen LogP contribution >= 0.6 is 0 Å². The van der Waals surface area contributed by atoms with E-state index in [1.165, 1.54) is 44.9 Å². The van der Waals surface area contributed by atoms with Crippen LogP contribution < -0.4 is 5.32 Å². The van der Waals surface area contributed by atoms with Crippen molar-refractivity contribution in [1.82, 2.24) is 10.2 Å². The molecule has 1 rings (SSSR count). The van der Waals surface area contributed by atoms with Gasteiger partial charge in [-0.05, 0) is 6.42 Å². The van der Waals surface area contributed by atoms with Crippen LogP contribution in [-0.4, -0.2) is 37.0 Å². The summed E-state index contributed by atoms with van der Waals surface area (Å²) in [5, 5.41) is 3.28. The maximum Gasteiger partial charge on any atom is 0.222 e. The molecule has 0 aliphatic carbocycles. The third-order valence-electron chi connectivity index (χ3n) is 3.71. The number of rotatable bonds is 9. The molecule has 1 aliphatic rings. The number of nitrogens with zero attached hydrogens (tertiary/aromatic N) is 1. The van der Waals surface area contributed by atoms with Gasteiger partial charge >= 0.3 is 0 Å². The Balaban J connectivity index is 1.89. The fourth-order valence-electron chi connectivity index (χ4n) is 2.48. The van der Waals surface area contributed by atoms with E-state index in [9.17, 15) is 4.79 Å². The van der Waals surface area contributed by atoms with Gasteiger partial charge < -0.3 is 10.2 Å². The fraction of sp³-hybridized carbons (Fsp3) is 0.933. The van der Waals surface area contributed by atoms with E-state index < -0.39 is 0 Å². The second-order valence-electron chi connectivity index (χ2n) is 5.36. The van der Waals surface area contributed by atoms with Gasteiger partial charge in [0.1, 0.15) is 0 Å². The highest BCUT2D eigenvalue weighted by atomic mass is 16.2. The van der Waals surface area contributed by atoms with E-state index in [1.807, 2.05) is 4.90 Å². The van der Waals surface area contributed by atoms with Crippen LogP contribution in [0.4, 0.5) is 0 Å². The van der Waals surface area contributed by atoms with Gasteiger partial charge in [0.05, 0.1) is 0 Å². The Labute approximate surface area is 112 Å². The summed E-state index contributed by atoms with van der Waals surface area (Å²) in [5.74, 6) is 0.363. The first-order chi connectivity index (χ1) is 8.84. The van der Waals surface area contributed by atoms with Gasteiger partial charge in [-0.25, -0.2) is 0 Å². The number of unbranched alkanes of at least 4 members (excludes halogenated alkanes) is 7. The van der Waals surface area contributed by atoms with Crippen molar-refractivity contribution >= 4 is 5.91 Å². The fourth-order valence-corrected chi connectivity index (χ4v) is 2.48. The van der Waals surface area contributed by atoms with Crippen LogP contribution in [0.25, 0.3) is 0 Å². The minimum atomic E-state index is 0.363. The molecule has 0 radical (unpaired) electrons. The smallest absolute Gasteiger partial charge is 0.222 e. The predicted molar refractivity (Wildman–Crippen MR) is 76.7 cm³/mol. The third-order valence-corrected chi connectivity index (χ3v) is 3.71. The molecule has 0 saturated carbocycles. The second-order valence-corrected chi connectivity index (χ2v) is 5.36. The molecule has 3 heteroatoms. The van der Waals surface area contributed by atoms with E-state index >= 15 is 0 Å². The first-order valence-electron chi connectivity index (χ1n) is 7.83. The maximum absolute atomic E-state index is 11.9. The molecule has 1 aliphatic heterocycles. The minimum absolute atomic E-state index is 0.363. The molecule has 106 valence electrons. The molecule has 0 unspecified atom stereocenters. The Kier molecular flexibility index (Phi) is 8.92. The second kappa shape index (κ2) is 10.4. The average Bonchev–Trinajstić information content (AvgIpc) is 2.42. The van der Waals surface area contributed by atoms with Gasteiger partial charge in [0.25, 0.3) is 0 Å². The monoisotopic (exact) mass is 254 g/mol. The van der Waals surface area contributed by atoms with E-state index in [4.69, 9.17) is 0 Å². The average molecular weight is 254 g/mol. The quantitative estimate of drug-likeness (QED) is 0.642. The molecular weight excluding hydrogens is 224 g/mol. The Morgan fingerprint density at radius 3 is 2.11 bits per heavy atom. The number of hydrogen-bond donors (Lipinski definition) is 1. The van der Waals surface area contributed by atoms with Crippen LogP contribution in [0.5, 0.6) is 0 Å². The largest absolute Gasteiger partial charge is 0.340 e. The molecule has 0 bridgehead atoms. The Hall–Kier alpha value is -0.570. The molecule has 1 saturated heterocycles. The Bertz CT molecular complexity index is 213. The van der Waals surface area contributed by atoms with Crippen molar-refractivity contribution < 1.29 is 4.79 Å². The van der Waals surface area contributed by atoms with Gasteiger partial charge in [-0.1, -0.05) is 51.9 Å². The zero-order valence-electron chi connectivity index (χ0n) is 12.0.